The predicted octanol–water partition coefficient (Wildman–Crippen LogP) is 4.73. The van der Waals surface area contributed by atoms with Crippen molar-refractivity contribution in [3.63, 3.8) is 0 Å². The molecular formula is C17H13ClN2O2S. The molecule has 1 amide bonds. The maximum Gasteiger partial charge on any atom is 0.281 e. The Bertz CT molecular complexity index is 853. The van der Waals surface area contributed by atoms with Gasteiger partial charge in [0.05, 0.1) is 11.1 Å². The standard InChI is InChI=1S/C17H13ClN2O2S/c1-11-4-5-12(18)9-14(11)15-7-6-13(22-15)10-19-20-17(21)16-3-2-8-23-16/h2-10H,1H3,(H,20,21)/b19-10-. The third-order valence-electron chi connectivity index (χ3n) is 3.19. The van der Waals surface area contributed by atoms with E-state index in [1.54, 1.807) is 12.1 Å². The third-order valence-corrected chi connectivity index (χ3v) is 4.30. The van der Waals surface area contributed by atoms with E-state index in [0.29, 0.717) is 21.4 Å². The van der Waals surface area contributed by atoms with Crippen molar-refractivity contribution in [2.75, 3.05) is 0 Å². The summed E-state index contributed by atoms with van der Waals surface area (Å²) in [5, 5.41) is 6.40. The first kappa shape index (κ1) is 15.5. The van der Waals surface area contributed by atoms with E-state index in [1.807, 2.05) is 42.6 Å². The van der Waals surface area contributed by atoms with Crippen molar-refractivity contribution in [1.29, 1.82) is 0 Å². The van der Waals surface area contributed by atoms with Gasteiger partial charge in [-0.05, 0) is 48.2 Å². The Kier molecular flexibility index (Phi) is 4.60. The summed E-state index contributed by atoms with van der Waals surface area (Å²) < 4.78 is 5.72. The Balaban J connectivity index is 1.71. The Morgan fingerprint density at radius 3 is 2.96 bits per heavy atom. The molecule has 3 rings (SSSR count). The lowest BCUT2D eigenvalue weighted by atomic mass is 10.1. The zero-order valence-corrected chi connectivity index (χ0v) is 13.8. The fourth-order valence-electron chi connectivity index (χ4n) is 2.04. The molecule has 0 spiro atoms. The average molecular weight is 345 g/mol. The number of hydrazone groups is 1. The number of aryl methyl sites for hydroxylation is 1. The van der Waals surface area contributed by atoms with Crippen molar-refractivity contribution in [3.8, 4) is 11.3 Å². The highest BCUT2D eigenvalue weighted by molar-refractivity contribution is 7.12. The zero-order valence-electron chi connectivity index (χ0n) is 12.2. The average Bonchev–Trinajstić information content (AvgIpc) is 3.21. The summed E-state index contributed by atoms with van der Waals surface area (Å²) in [5.74, 6) is 1.01. The quantitative estimate of drug-likeness (QED) is 0.549. The van der Waals surface area contributed by atoms with Gasteiger partial charge in [0.25, 0.3) is 5.91 Å². The van der Waals surface area contributed by atoms with Crippen LogP contribution in [0.4, 0.5) is 0 Å². The molecule has 23 heavy (non-hydrogen) atoms. The highest BCUT2D eigenvalue weighted by Crippen LogP contribution is 2.27. The number of rotatable bonds is 4. The number of nitrogens with zero attached hydrogens (tertiary/aromatic N) is 1. The fraction of sp³-hybridized carbons (Fsp3) is 0.0588. The van der Waals surface area contributed by atoms with E-state index < -0.39 is 0 Å². The summed E-state index contributed by atoms with van der Waals surface area (Å²) in [6.45, 7) is 1.99. The molecule has 0 aliphatic rings. The van der Waals surface area contributed by atoms with Gasteiger partial charge in [-0.2, -0.15) is 5.10 Å². The number of carbonyl (C=O) groups excluding carboxylic acids is 1. The fourth-order valence-corrected chi connectivity index (χ4v) is 2.83. The molecular weight excluding hydrogens is 332 g/mol. The van der Waals surface area contributed by atoms with Gasteiger partial charge < -0.3 is 4.42 Å². The molecule has 2 heterocycles. The van der Waals surface area contributed by atoms with Gasteiger partial charge in [0, 0.05) is 10.6 Å². The Morgan fingerprint density at radius 2 is 2.17 bits per heavy atom. The second-order valence-electron chi connectivity index (χ2n) is 4.84. The number of halogens is 1. The van der Waals surface area contributed by atoms with Gasteiger partial charge in [-0.25, -0.2) is 5.43 Å². The molecule has 4 nitrogen and oxygen atoms in total. The van der Waals surface area contributed by atoms with E-state index in [-0.39, 0.29) is 5.91 Å². The van der Waals surface area contributed by atoms with Crippen LogP contribution in [-0.4, -0.2) is 12.1 Å². The lowest BCUT2D eigenvalue weighted by Gasteiger charge is -2.02. The molecule has 1 aromatic carbocycles. The van der Waals surface area contributed by atoms with Gasteiger partial charge in [-0.3, -0.25) is 4.79 Å². The molecule has 2 aromatic heterocycles. The van der Waals surface area contributed by atoms with Crippen LogP contribution in [0, 0.1) is 6.92 Å². The maximum atomic E-state index is 11.7. The number of nitrogens with one attached hydrogen (secondary N) is 1. The number of carbonyl (C=O) groups is 1. The van der Waals surface area contributed by atoms with Crippen LogP contribution in [0.5, 0.6) is 0 Å². The van der Waals surface area contributed by atoms with Gasteiger partial charge in [-0.15, -0.1) is 11.3 Å². The number of amides is 1. The number of benzene rings is 1. The molecule has 0 saturated carbocycles. The molecule has 116 valence electrons. The Hall–Kier alpha value is -2.37. The van der Waals surface area contributed by atoms with Crippen molar-refractivity contribution in [2.24, 2.45) is 5.10 Å². The van der Waals surface area contributed by atoms with Crippen molar-refractivity contribution in [2.45, 2.75) is 6.92 Å². The molecule has 1 N–H and O–H groups in total. The minimum atomic E-state index is -0.242. The first-order valence-electron chi connectivity index (χ1n) is 6.87. The number of hydrogen-bond acceptors (Lipinski definition) is 4. The van der Waals surface area contributed by atoms with Gasteiger partial charge in [0.2, 0.25) is 0 Å². The summed E-state index contributed by atoms with van der Waals surface area (Å²) in [7, 11) is 0. The van der Waals surface area contributed by atoms with Crippen molar-refractivity contribution in [1.82, 2.24) is 5.43 Å². The summed E-state index contributed by atoms with van der Waals surface area (Å²) in [6.07, 6.45) is 1.47. The van der Waals surface area contributed by atoms with Crippen LogP contribution in [0.3, 0.4) is 0 Å². The Morgan fingerprint density at radius 1 is 1.30 bits per heavy atom. The van der Waals surface area contributed by atoms with E-state index in [1.165, 1.54) is 17.6 Å². The van der Waals surface area contributed by atoms with E-state index in [0.717, 1.165) is 11.1 Å². The normalized spacial score (nSPS) is 11.0. The van der Waals surface area contributed by atoms with E-state index in [9.17, 15) is 4.79 Å². The molecule has 0 radical (unpaired) electrons. The van der Waals surface area contributed by atoms with Crippen LogP contribution in [-0.2, 0) is 0 Å². The third kappa shape index (κ3) is 3.70. The Labute approximate surface area is 142 Å². The highest BCUT2D eigenvalue weighted by atomic mass is 35.5. The van der Waals surface area contributed by atoms with Crippen LogP contribution >= 0.6 is 22.9 Å². The smallest absolute Gasteiger partial charge is 0.281 e. The van der Waals surface area contributed by atoms with Crippen molar-refractivity contribution in [3.05, 3.63) is 69.1 Å². The lowest BCUT2D eigenvalue weighted by Crippen LogP contribution is -2.15. The lowest BCUT2D eigenvalue weighted by molar-refractivity contribution is 0.0959. The van der Waals surface area contributed by atoms with E-state index in [4.69, 9.17) is 16.0 Å². The van der Waals surface area contributed by atoms with Gasteiger partial charge in [-0.1, -0.05) is 23.7 Å². The van der Waals surface area contributed by atoms with Crippen LogP contribution in [0.2, 0.25) is 5.02 Å². The molecule has 0 aliphatic carbocycles. The number of hydrogen-bond donors (Lipinski definition) is 1. The van der Waals surface area contributed by atoms with Crippen LogP contribution in [0.1, 0.15) is 21.0 Å². The minimum Gasteiger partial charge on any atom is -0.455 e. The molecule has 0 unspecified atom stereocenters. The molecule has 6 heteroatoms. The zero-order chi connectivity index (χ0) is 16.2. The second-order valence-corrected chi connectivity index (χ2v) is 6.22. The summed E-state index contributed by atoms with van der Waals surface area (Å²) in [4.78, 5) is 12.4. The molecule has 0 bridgehead atoms. The predicted molar refractivity (Wildman–Crippen MR) is 93.3 cm³/mol. The molecule has 3 aromatic rings. The maximum absolute atomic E-state index is 11.7. The summed E-state index contributed by atoms with van der Waals surface area (Å²) in [5.41, 5.74) is 4.46. The molecule has 0 aliphatic heterocycles. The first-order valence-corrected chi connectivity index (χ1v) is 8.12. The van der Waals surface area contributed by atoms with Gasteiger partial charge in [0.15, 0.2) is 0 Å². The van der Waals surface area contributed by atoms with Crippen LogP contribution in [0.25, 0.3) is 11.3 Å². The topological polar surface area (TPSA) is 54.6 Å². The first-order chi connectivity index (χ1) is 11.1. The van der Waals surface area contributed by atoms with Crippen LogP contribution < -0.4 is 5.43 Å². The number of furan rings is 1. The van der Waals surface area contributed by atoms with Gasteiger partial charge in [0.1, 0.15) is 11.5 Å². The van der Waals surface area contributed by atoms with Crippen molar-refractivity contribution >= 4 is 35.1 Å². The second kappa shape index (κ2) is 6.81. The SMILES string of the molecule is Cc1ccc(Cl)cc1-c1ccc(/C=N\NC(=O)c2cccs2)o1. The number of thiophene rings is 1. The largest absolute Gasteiger partial charge is 0.455 e. The molecule has 0 fully saturated rings. The summed E-state index contributed by atoms with van der Waals surface area (Å²) >= 11 is 7.39. The highest BCUT2D eigenvalue weighted by Gasteiger charge is 2.08. The van der Waals surface area contributed by atoms with E-state index in [2.05, 4.69) is 10.5 Å². The minimum absolute atomic E-state index is 0.242. The molecule has 0 saturated heterocycles. The molecule has 0 atom stereocenters. The van der Waals surface area contributed by atoms with Crippen LogP contribution in [0.15, 0.2) is 57.4 Å². The monoisotopic (exact) mass is 344 g/mol. The summed E-state index contributed by atoms with van der Waals surface area (Å²) in [6, 6.07) is 12.8. The van der Waals surface area contributed by atoms with Crippen molar-refractivity contribution < 1.29 is 9.21 Å². The van der Waals surface area contributed by atoms with Gasteiger partial charge >= 0.3 is 0 Å². The van der Waals surface area contributed by atoms with E-state index >= 15 is 0 Å².